The molecule has 1 unspecified atom stereocenters. The van der Waals surface area contributed by atoms with Gasteiger partial charge in [0.25, 0.3) is 5.91 Å². The lowest BCUT2D eigenvalue weighted by atomic mass is 10.2. The minimum atomic E-state index is -0.393. The molecule has 0 bridgehead atoms. The van der Waals surface area contributed by atoms with Crippen LogP contribution in [0.4, 0.5) is 0 Å². The van der Waals surface area contributed by atoms with Gasteiger partial charge < -0.3 is 9.15 Å². The van der Waals surface area contributed by atoms with E-state index in [4.69, 9.17) is 20.8 Å². The predicted molar refractivity (Wildman–Crippen MR) is 80.6 cm³/mol. The van der Waals surface area contributed by atoms with E-state index in [9.17, 15) is 4.79 Å². The number of benzene rings is 1. The van der Waals surface area contributed by atoms with Gasteiger partial charge in [0.15, 0.2) is 5.76 Å². The average molecular weight is 307 g/mol. The molecule has 6 heteroatoms. The third-order valence-electron chi connectivity index (χ3n) is 3.39. The number of carbonyl (C=O) groups is 1. The summed E-state index contributed by atoms with van der Waals surface area (Å²) in [6, 6.07) is 7.24. The average Bonchev–Trinajstić information content (AvgIpc) is 3.12. The lowest BCUT2D eigenvalue weighted by Crippen LogP contribution is -2.31. The number of amides is 1. The molecule has 1 aromatic heterocycles. The molecule has 1 amide bonds. The van der Waals surface area contributed by atoms with Gasteiger partial charge in [0, 0.05) is 17.0 Å². The van der Waals surface area contributed by atoms with Crippen LogP contribution in [0.1, 0.15) is 25.5 Å². The van der Waals surface area contributed by atoms with Crippen LogP contribution in [-0.2, 0) is 9.53 Å². The van der Waals surface area contributed by atoms with Crippen molar-refractivity contribution in [3.05, 3.63) is 35.0 Å². The van der Waals surface area contributed by atoms with Gasteiger partial charge in [-0.15, -0.1) is 0 Å². The Morgan fingerprint density at radius 3 is 3.05 bits per heavy atom. The number of nitrogens with zero attached hydrogens (tertiary/aromatic N) is 1. The number of hydrogen-bond donors (Lipinski definition) is 1. The predicted octanol–water partition coefficient (Wildman–Crippen LogP) is 3.11. The van der Waals surface area contributed by atoms with E-state index < -0.39 is 6.10 Å². The quantitative estimate of drug-likeness (QED) is 0.700. The summed E-state index contributed by atoms with van der Waals surface area (Å²) in [7, 11) is 0. The number of fused-ring (bicyclic) bond motifs is 1. The van der Waals surface area contributed by atoms with Gasteiger partial charge in [-0.3, -0.25) is 4.79 Å². The van der Waals surface area contributed by atoms with Crippen molar-refractivity contribution in [3.8, 4) is 0 Å². The fraction of sp³-hybridized carbons (Fsp3) is 0.333. The van der Waals surface area contributed by atoms with Crippen molar-refractivity contribution < 1.29 is 13.9 Å². The first-order chi connectivity index (χ1) is 10.1. The van der Waals surface area contributed by atoms with Gasteiger partial charge in [0.2, 0.25) is 0 Å². The van der Waals surface area contributed by atoms with Crippen LogP contribution in [-0.4, -0.2) is 24.3 Å². The second-order valence-corrected chi connectivity index (χ2v) is 5.40. The summed E-state index contributed by atoms with van der Waals surface area (Å²) in [6.45, 7) is 2.40. The zero-order valence-corrected chi connectivity index (χ0v) is 12.3. The summed E-state index contributed by atoms with van der Waals surface area (Å²) in [4.78, 5) is 11.8. The molecule has 110 valence electrons. The smallest absolute Gasteiger partial charge is 0.269 e. The van der Waals surface area contributed by atoms with Crippen LogP contribution < -0.4 is 5.43 Å². The van der Waals surface area contributed by atoms with Crippen LogP contribution in [0.3, 0.4) is 0 Å². The third kappa shape index (κ3) is 3.09. The third-order valence-corrected chi connectivity index (χ3v) is 3.63. The van der Waals surface area contributed by atoms with E-state index in [-0.39, 0.29) is 5.91 Å². The van der Waals surface area contributed by atoms with Crippen LogP contribution in [0.2, 0.25) is 5.02 Å². The van der Waals surface area contributed by atoms with Crippen LogP contribution in [0.5, 0.6) is 0 Å². The molecular weight excluding hydrogens is 292 g/mol. The van der Waals surface area contributed by atoms with Gasteiger partial charge in [0.05, 0.1) is 0 Å². The van der Waals surface area contributed by atoms with Crippen molar-refractivity contribution in [2.75, 3.05) is 6.61 Å². The maximum absolute atomic E-state index is 11.8. The molecule has 5 nitrogen and oxygen atoms in total. The number of hydrazone groups is 1. The van der Waals surface area contributed by atoms with E-state index in [0.29, 0.717) is 23.1 Å². The van der Waals surface area contributed by atoms with Crippen LogP contribution >= 0.6 is 11.6 Å². The van der Waals surface area contributed by atoms with Crippen molar-refractivity contribution in [3.63, 3.8) is 0 Å². The zero-order chi connectivity index (χ0) is 14.8. The Hall–Kier alpha value is -1.85. The summed E-state index contributed by atoms with van der Waals surface area (Å²) in [5.74, 6) is 0.380. The van der Waals surface area contributed by atoms with Gasteiger partial charge in [-0.25, -0.2) is 5.43 Å². The Kier molecular flexibility index (Phi) is 3.94. The van der Waals surface area contributed by atoms with Gasteiger partial charge in [-0.2, -0.15) is 5.10 Å². The molecule has 1 fully saturated rings. The summed E-state index contributed by atoms with van der Waals surface area (Å²) < 4.78 is 11.0. The highest BCUT2D eigenvalue weighted by molar-refractivity contribution is 6.31. The van der Waals surface area contributed by atoms with Crippen molar-refractivity contribution >= 4 is 34.2 Å². The summed E-state index contributed by atoms with van der Waals surface area (Å²) in [5, 5.41) is 5.62. The van der Waals surface area contributed by atoms with Crippen molar-refractivity contribution in [1.82, 2.24) is 5.43 Å². The van der Waals surface area contributed by atoms with Gasteiger partial charge in [-0.1, -0.05) is 11.6 Å². The number of hydrogen-bond acceptors (Lipinski definition) is 4. The Balaban J connectivity index is 1.74. The molecule has 1 aliphatic heterocycles. The molecule has 1 atom stereocenters. The number of halogens is 1. The molecule has 0 aliphatic carbocycles. The second-order valence-electron chi connectivity index (χ2n) is 4.97. The Bertz CT molecular complexity index is 702. The van der Waals surface area contributed by atoms with Crippen molar-refractivity contribution in [1.29, 1.82) is 0 Å². The topological polar surface area (TPSA) is 63.8 Å². The molecule has 1 aromatic carbocycles. The molecule has 0 saturated carbocycles. The molecule has 0 spiro atoms. The molecule has 1 aliphatic rings. The minimum Gasteiger partial charge on any atom is -0.455 e. The number of rotatable bonds is 3. The van der Waals surface area contributed by atoms with E-state index >= 15 is 0 Å². The lowest BCUT2D eigenvalue weighted by molar-refractivity contribution is -0.130. The molecule has 0 radical (unpaired) electrons. The molecule has 3 rings (SSSR count). The van der Waals surface area contributed by atoms with Crippen molar-refractivity contribution in [2.45, 2.75) is 25.9 Å². The fourth-order valence-electron chi connectivity index (χ4n) is 2.24. The highest BCUT2D eigenvalue weighted by Crippen LogP contribution is 2.23. The van der Waals surface area contributed by atoms with Crippen molar-refractivity contribution in [2.24, 2.45) is 5.10 Å². The Morgan fingerprint density at radius 1 is 1.43 bits per heavy atom. The number of furan rings is 1. The first-order valence-corrected chi connectivity index (χ1v) is 7.16. The SMILES string of the molecule is C/C(=N\NC(=O)C1CCCO1)c1cc2cc(Cl)ccc2o1. The Morgan fingerprint density at radius 2 is 2.29 bits per heavy atom. The van der Waals surface area contributed by atoms with E-state index in [1.165, 1.54) is 0 Å². The van der Waals surface area contributed by atoms with Gasteiger partial charge in [0.1, 0.15) is 17.4 Å². The first kappa shape index (κ1) is 14.1. The molecule has 2 heterocycles. The monoisotopic (exact) mass is 306 g/mol. The largest absolute Gasteiger partial charge is 0.455 e. The van der Waals surface area contributed by atoms with Crippen LogP contribution in [0.15, 0.2) is 33.8 Å². The molecule has 21 heavy (non-hydrogen) atoms. The normalized spacial score (nSPS) is 19.1. The van der Waals surface area contributed by atoms with Crippen LogP contribution in [0.25, 0.3) is 11.0 Å². The summed E-state index contributed by atoms with van der Waals surface area (Å²) in [6.07, 6.45) is 1.25. The number of nitrogens with one attached hydrogen (secondary N) is 1. The minimum absolute atomic E-state index is 0.217. The highest BCUT2D eigenvalue weighted by Gasteiger charge is 2.23. The molecule has 1 saturated heterocycles. The molecule has 2 aromatic rings. The van der Waals surface area contributed by atoms with E-state index in [0.717, 1.165) is 23.8 Å². The number of carbonyl (C=O) groups excluding carboxylic acids is 1. The van der Waals surface area contributed by atoms with Gasteiger partial charge >= 0.3 is 0 Å². The van der Waals surface area contributed by atoms with E-state index in [2.05, 4.69) is 10.5 Å². The fourth-order valence-corrected chi connectivity index (χ4v) is 2.42. The van der Waals surface area contributed by atoms with Gasteiger partial charge in [-0.05, 0) is 44.0 Å². The standard InChI is InChI=1S/C15H15ClN2O3/c1-9(17-18-15(19)13-3-2-6-20-13)14-8-10-7-11(16)4-5-12(10)21-14/h4-5,7-8,13H,2-3,6H2,1H3,(H,18,19)/b17-9+. The van der Waals surface area contributed by atoms with E-state index in [1.54, 1.807) is 19.1 Å². The first-order valence-electron chi connectivity index (χ1n) is 6.79. The molecule has 1 N–H and O–H groups in total. The highest BCUT2D eigenvalue weighted by atomic mass is 35.5. The maximum atomic E-state index is 11.8. The lowest BCUT2D eigenvalue weighted by Gasteiger charge is -2.06. The second kappa shape index (κ2) is 5.87. The Labute approximate surface area is 126 Å². The summed E-state index contributed by atoms with van der Waals surface area (Å²) in [5.41, 5.74) is 3.84. The zero-order valence-electron chi connectivity index (χ0n) is 11.6. The van der Waals surface area contributed by atoms with Crippen LogP contribution in [0, 0.1) is 0 Å². The maximum Gasteiger partial charge on any atom is 0.269 e. The summed E-state index contributed by atoms with van der Waals surface area (Å²) >= 11 is 5.94. The van der Waals surface area contributed by atoms with E-state index in [1.807, 2.05) is 12.1 Å². The molecular formula is C15H15ClN2O3. The number of ether oxygens (including phenoxy) is 1.